The number of aromatic nitrogens is 1. The fourth-order valence-electron chi connectivity index (χ4n) is 1.89. The molecule has 0 unspecified atom stereocenters. The lowest BCUT2D eigenvalue weighted by molar-refractivity contribution is 0.318. The van der Waals surface area contributed by atoms with Crippen LogP contribution in [0.1, 0.15) is 18.2 Å². The number of rotatable bonds is 4. The van der Waals surface area contributed by atoms with E-state index in [2.05, 4.69) is 41.3 Å². The smallest absolute Gasteiger partial charge is 0.188 e. The number of nitrogens with two attached hydrogens (primary N) is 1. The van der Waals surface area contributed by atoms with Crippen LogP contribution < -0.4 is 10.6 Å². The molecule has 3 N–H and O–H groups in total. The highest BCUT2D eigenvalue weighted by Gasteiger charge is 2.06. The molecule has 0 saturated carbocycles. The minimum absolute atomic E-state index is 0.00602. The second-order valence-corrected chi connectivity index (χ2v) is 4.47. The number of nitrogens with zero attached hydrogens (tertiary/aromatic N) is 3. The van der Waals surface area contributed by atoms with Gasteiger partial charge >= 0.3 is 0 Å². The van der Waals surface area contributed by atoms with Gasteiger partial charge in [0.2, 0.25) is 0 Å². The van der Waals surface area contributed by atoms with E-state index in [0.717, 1.165) is 17.8 Å². The van der Waals surface area contributed by atoms with E-state index in [0.29, 0.717) is 5.69 Å². The first kappa shape index (κ1) is 13.9. The number of amidine groups is 1. The Balaban J connectivity index is 2.21. The summed E-state index contributed by atoms with van der Waals surface area (Å²) in [4.78, 5) is 6.20. The van der Waals surface area contributed by atoms with Gasteiger partial charge in [-0.25, -0.2) is 0 Å². The van der Waals surface area contributed by atoms with Gasteiger partial charge in [0.15, 0.2) is 5.84 Å². The van der Waals surface area contributed by atoms with Crippen LogP contribution in [-0.4, -0.2) is 23.1 Å². The number of benzene rings is 1. The molecule has 0 bridgehead atoms. The van der Waals surface area contributed by atoms with Gasteiger partial charge in [0.25, 0.3) is 0 Å². The zero-order chi connectivity index (χ0) is 14.5. The largest absolute Gasteiger partial charge is 0.409 e. The minimum atomic E-state index is 0.00602. The molecule has 1 aromatic carbocycles. The van der Waals surface area contributed by atoms with Gasteiger partial charge < -0.3 is 15.8 Å². The number of hydrogen-bond acceptors (Lipinski definition) is 4. The molecule has 2 aromatic rings. The van der Waals surface area contributed by atoms with Crippen LogP contribution >= 0.6 is 0 Å². The van der Waals surface area contributed by atoms with Crippen LogP contribution in [0.5, 0.6) is 0 Å². The molecule has 0 spiro atoms. The Labute approximate surface area is 118 Å². The van der Waals surface area contributed by atoms with Gasteiger partial charge in [-0.3, -0.25) is 4.98 Å². The van der Waals surface area contributed by atoms with Crippen LogP contribution in [0, 0.1) is 0 Å². The molecule has 0 saturated heterocycles. The monoisotopic (exact) mass is 270 g/mol. The molecule has 1 aromatic heterocycles. The van der Waals surface area contributed by atoms with E-state index in [-0.39, 0.29) is 5.84 Å². The highest BCUT2D eigenvalue weighted by atomic mass is 16.4. The molecule has 0 aliphatic heterocycles. The lowest BCUT2D eigenvalue weighted by Crippen LogP contribution is -2.16. The van der Waals surface area contributed by atoms with Crippen molar-refractivity contribution in [3.63, 3.8) is 0 Å². The van der Waals surface area contributed by atoms with Crippen molar-refractivity contribution in [2.75, 3.05) is 11.9 Å². The van der Waals surface area contributed by atoms with E-state index in [9.17, 15) is 0 Å². The number of hydrogen-bond donors (Lipinski definition) is 2. The molecule has 2 rings (SSSR count). The maximum absolute atomic E-state index is 8.61. The number of anilines is 2. The SMILES string of the molecule is CCc1ccc(N(C)c2ccc(/C(N)=N/O)nc2)cc1. The van der Waals surface area contributed by atoms with Crippen LogP contribution in [0.25, 0.3) is 0 Å². The third-order valence-corrected chi connectivity index (χ3v) is 3.24. The number of pyridine rings is 1. The van der Waals surface area contributed by atoms with Crippen LogP contribution in [0.4, 0.5) is 11.4 Å². The highest BCUT2D eigenvalue weighted by Crippen LogP contribution is 2.23. The van der Waals surface area contributed by atoms with Gasteiger partial charge in [0, 0.05) is 12.7 Å². The Morgan fingerprint density at radius 2 is 1.85 bits per heavy atom. The molecule has 104 valence electrons. The van der Waals surface area contributed by atoms with Crippen molar-refractivity contribution in [1.82, 2.24) is 4.98 Å². The zero-order valence-electron chi connectivity index (χ0n) is 11.6. The van der Waals surface area contributed by atoms with Gasteiger partial charge in [-0.1, -0.05) is 24.2 Å². The van der Waals surface area contributed by atoms with Gasteiger partial charge in [-0.2, -0.15) is 0 Å². The van der Waals surface area contributed by atoms with E-state index in [1.54, 1.807) is 12.3 Å². The summed E-state index contributed by atoms with van der Waals surface area (Å²) >= 11 is 0. The topological polar surface area (TPSA) is 74.7 Å². The van der Waals surface area contributed by atoms with Crippen molar-refractivity contribution in [2.45, 2.75) is 13.3 Å². The third kappa shape index (κ3) is 2.88. The van der Waals surface area contributed by atoms with E-state index in [1.807, 2.05) is 18.0 Å². The van der Waals surface area contributed by atoms with E-state index in [1.165, 1.54) is 5.56 Å². The van der Waals surface area contributed by atoms with Gasteiger partial charge in [0.1, 0.15) is 5.69 Å². The summed E-state index contributed by atoms with van der Waals surface area (Å²) in [6.45, 7) is 2.13. The van der Waals surface area contributed by atoms with Crippen LogP contribution in [-0.2, 0) is 6.42 Å². The summed E-state index contributed by atoms with van der Waals surface area (Å²) < 4.78 is 0. The first-order chi connectivity index (χ1) is 9.65. The predicted octanol–water partition coefficient (Wildman–Crippen LogP) is 2.51. The molecular formula is C15H18N4O. The maximum atomic E-state index is 8.61. The van der Waals surface area contributed by atoms with Crippen molar-refractivity contribution in [2.24, 2.45) is 10.9 Å². The first-order valence-electron chi connectivity index (χ1n) is 6.42. The molecule has 0 radical (unpaired) electrons. The Bertz CT molecular complexity index is 590. The van der Waals surface area contributed by atoms with E-state index >= 15 is 0 Å². The lowest BCUT2D eigenvalue weighted by atomic mass is 10.1. The Morgan fingerprint density at radius 1 is 1.20 bits per heavy atom. The van der Waals surface area contributed by atoms with Gasteiger partial charge in [0.05, 0.1) is 11.9 Å². The average Bonchev–Trinajstić information content (AvgIpc) is 2.53. The van der Waals surface area contributed by atoms with Crippen LogP contribution in [0.3, 0.4) is 0 Å². The Morgan fingerprint density at radius 3 is 2.35 bits per heavy atom. The van der Waals surface area contributed by atoms with Crippen molar-refractivity contribution in [3.05, 3.63) is 53.9 Å². The Hall–Kier alpha value is -2.56. The van der Waals surface area contributed by atoms with Crippen molar-refractivity contribution in [1.29, 1.82) is 0 Å². The summed E-state index contributed by atoms with van der Waals surface area (Å²) in [5.41, 5.74) is 9.26. The van der Waals surface area contributed by atoms with E-state index < -0.39 is 0 Å². The normalized spacial score (nSPS) is 11.4. The second kappa shape index (κ2) is 6.06. The predicted molar refractivity (Wildman–Crippen MR) is 80.6 cm³/mol. The summed E-state index contributed by atoms with van der Waals surface area (Å²) in [7, 11) is 1.97. The molecule has 0 aliphatic carbocycles. The molecule has 0 atom stereocenters. The van der Waals surface area contributed by atoms with Gasteiger partial charge in [-0.15, -0.1) is 0 Å². The maximum Gasteiger partial charge on any atom is 0.188 e. The fourth-order valence-corrected chi connectivity index (χ4v) is 1.89. The molecule has 5 nitrogen and oxygen atoms in total. The van der Waals surface area contributed by atoms with Crippen LogP contribution in [0.15, 0.2) is 47.8 Å². The standard InChI is InChI=1S/C15H18N4O/c1-3-11-4-6-12(7-5-11)19(2)13-8-9-14(17-10-13)15(16)18-20/h4-10,20H,3H2,1-2H3,(H2,16,18). The van der Waals surface area contributed by atoms with Gasteiger partial charge in [-0.05, 0) is 36.2 Å². The molecule has 0 fully saturated rings. The molecule has 1 heterocycles. The molecule has 5 heteroatoms. The Kier molecular flexibility index (Phi) is 4.20. The average molecular weight is 270 g/mol. The van der Waals surface area contributed by atoms with Crippen molar-refractivity contribution >= 4 is 17.2 Å². The number of oxime groups is 1. The number of aryl methyl sites for hydroxylation is 1. The lowest BCUT2D eigenvalue weighted by Gasteiger charge is -2.19. The van der Waals surface area contributed by atoms with Crippen molar-refractivity contribution < 1.29 is 5.21 Å². The zero-order valence-corrected chi connectivity index (χ0v) is 11.6. The van der Waals surface area contributed by atoms with Crippen LogP contribution in [0.2, 0.25) is 0 Å². The van der Waals surface area contributed by atoms with E-state index in [4.69, 9.17) is 10.9 Å². The molecular weight excluding hydrogens is 252 g/mol. The molecule has 20 heavy (non-hydrogen) atoms. The molecule has 0 aliphatic rings. The summed E-state index contributed by atoms with van der Waals surface area (Å²) in [6.07, 6.45) is 2.72. The first-order valence-corrected chi connectivity index (χ1v) is 6.42. The molecule has 0 amide bonds. The quantitative estimate of drug-likeness (QED) is 0.387. The van der Waals surface area contributed by atoms with Crippen molar-refractivity contribution in [3.8, 4) is 0 Å². The minimum Gasteiger partial charge on any atom is -0.409 e. The summed E-state index contributed by atoms with van der Waals surface area (Å²) in [6, 6.07) is 12.0. The summed E-state index contributed by atoms with van der Waals surface area (Å²) in [5, 5.41) is 11.5. The fraction of sp³-hybridized carbons (Fsp3) is 0.200. The summed E-state index contributed by atoms with van der Waals surface area (Å²) in [5.74, 6) is 0.00602. The third-order valence-electron chi connectivity index (χ3n) is 3.24. The highest BCUT2D eigenvalue weighted by molar-refractivity contribution is 5.95. The second-order valence-electron chi connectivity index (χ2n) is 4.47.